The molecule has 1 rings (SSSR count). The van der Waals surface area contributed by atoms with Gasteiger partial charge in [-0.15, -0.1) is 0 Å². The van der Waals surface area contributed by atoms with Gasteiger partial charge in [0.05, 0.1) is 5.92 Å². The van der Waals surface area contributed by atoms with Crippen LogP contribution in [0, 0.1) is 23.7 Å². The van der Waals surface area contributed by atoms with Crippen LogP contribution >= 0.6 is 0 Å². The molecule has 16 heavy (non-hydrogen) atoms. The van der Waals surface area contributed by atoms with Gasteiger partial charge in [0.15, 0.2) is 0 Å². The fourth-order valence-corrected chi connectivity index (χ4v) is 2.99. The van der Waals surface area contributed by atoms with Crippen LogP contribution in [0.2, 0.25) is 0 Å². The third kappa shape index (κ3) is 3.21. The van der Waals surface area contributed by atoms with Crippen LogP contribution in [0.3, 0.4) is 0 Å². The second kappa shape index (κ2) is 6.24. The minimum Gasteiger partial charge on any atom is -0.481 e. The van der Waals surface area contributed by atoms with Crippen LogP contribution in [0.25, 0.3) is 0 Å². The molecule has 4 atom stereocenters. The average molecular weight is 228 g/mol. The number of carboxylic acids is 1. The second-order valence-corrected chi connectivity index (χ2v) is 5.13. The van der Waals surface area contributed by atoms with Crippen molar-refractivity contribution in [3.63, 3.8) is 0 Å². The first-order valence-electron chi connectivity index (χ1n) is 6.31. The van der Waals surface area contributed by atoms with E-state index in [4.69, 9.17) is 4.74 Å². The number of carboxylic acid groups (broad SMARTS) is 1. The number of methoxy groups -OCH3 is 1. The van der Waals surface area contributed by atoms with Crippen molar-refractivity contribution in [2.24, 2.45) is 23.7 Å². The van der Waals surface area contributed by atoms with Gasteiger partial charge in [-0.3, -0.25) is 4.79 Å². The van der Waals surface area contributed by atoms with Gasteiger partial charge < -0.3 is 9.84 Å². The van der Waals surface area contributed by atoms with E-state index in [1.54, 1.807) is 7.11 Å². The highest BCUT2D eigenvalue weighted by Crippen LogP contribution is 2.39. The summed E-state index contributed by atoms with van der Waals surface area (Å²) in [7, 11) is 1.69. The SMILES string of the molecule is CCC1CCC(C(=O)O)C(C(C)COC)C1. The highest BCUT2D eigenvalue weighted by atomic mass is 16.5. The summed E-state index contributed by atoms with van der Waals surface area (Å²) in [4.78, 5) is 11.2. The number of hydrogen-bond acceptors (Lipinski definition) is 2. The molecule has 0 radical (unpaired) electrons. The van der Waals surface area contributed by atoms with Gasteiger partial charge in [-0.2, -0.15) is 0 Å². The molecule has 0 aliphatic heterocycles. The van der Waals surface area contributed by atoms with Gasteiger partial charge in [-0.1, -0.05) is 20.3 Å². The lowest BCUT2D eigenvalue weighted by atomic mass is 9.68. The van der Waals surface area contributed by atoms with Crippen molar-refractivity contribution in [3.05, 3.63) is 0 Å². The first kappa shape index (κ1) is 13.5. The molecule has 0 heterocycles. The Hall–Kier alpha value is -0.570. The van der Waals surface area contributed by atoms with Crippen molar-refractivity contribution in [2.75, 3.05) is 13.7 Å². The molecule has 1 saturated carbocycles. The van der Waals surface area contributed by atoms with Gasteiger partial charge >= 0.3 is 5.97 Å². The number of ether oxygens (including phenoxy) is 1. The highest BCUT2D eigenvalue weighted by Gasteiger charge is 2.37. The summed E-state index contributed by atoms with van der Waals surface area (Å²) < 4.78 is 5.16. The minimum absolute atomic E-state index is 0.159. The molecule has 0 aromatic heterocycles. The predicted molar refractivity (Wildman–Crippen MR) is 63.3 cm³/mol. The van der Waals surface area contributed by atoms with E-state index in [0.29, 0.717) is 18.4 Å². The first-order chi connectivity index (χ1) is 7.60. The van der Waals surface area contributed by atoms with E-state index in [9.17, 15) is 9.90 Å². The molecular formula is C13H24O3. The topological polar surface area (TPSA) is 46.5 Å². The van der Waals surface area contributed by atoms with Crippen LogP contribution in [-0.2, 0) is 9.53 Å². The fraction of sp³-hybridized carbons (Fsp3) is 0.923. The van der Waals surface area contributed by atoms with E-state index in [2.05, 4.69) is 13.8 Å². The van der Waals surface area contributed by atoms with Crippen molar-refractivity contribution in [3.8, 4) is 0 Å². The van der Waals surface area contributed by atoms with Gasteiger partial charge in [-0.05, 0) is 37.0 Å². The molecule has 3 heteroatoms. The van der Waals surface area contributed by atoms with Crippen molar-refractivity contribution in [2.45, 2.75) is 39.5 Å². The molecule has 3 nitrogen and oxygen atoms in total. The molecule has 0 aromatic rings. The molecule has 94 valence electrons. The van der Waals surface area contributed by atoms with Crippen molar-refractivity contribution < 1.29 is 14.6 Å². The quantitative estimate of drug-likeness (QED) is 0.787. The Morgan fingerprint density at radius 3 is 2.69 bits per heavy atom. The Labute approximate surface area is 98.2 Å². The lowest BCUT2D eigenvalue weighted by Crippen LogP contribution is -2.35. The molecule has 1 aliphatic carbocycles. The van der Waals surface area contributed by atoms with Crippen LogP contribution in [0.15, 0.2) is 0 Å². The largest absolute Gasteiger partial charge is 0.481 e. The van der Waals surface area contributed by atoms with Crippen LogP contribution in [0.5, 0.6) is 0 Å². The Bertz CT molecular complexity index is 227. The zero-order valence-corrected chi connectivity index (χ0v) is 10.6. The zero-order chi connectivity index (χ0) is 12.1. The van der Waals surface area contributed by atoms with Crippen molar-refractivity contribution in [1.82, 2.24) is 0 Å². The minimum atomic E-state index is -0.623. The molecule has 1 N–H and O–H groups in total. The maximum absolute atomic E-state index is 11.2. The fourth-order valence-electron chi connectivity index (χ4n) is 2.99. The predicted octanol–water partition coefficient (Wildman–Crippen LogP) is 2.80. The average Bonchev–Trinajstić information content (AvgIpc) is 2.28. The third-order valence-corrected chi connectivity index (χ3v) is 4.06. The summed E-state index contributed by atoms with van der Waals surface area (Å²) in [6.07, 6.45) is 4.14. The Balaban J connectivity index is 2.67. The number of hydrogen-bond donors (Lipinski definition) is 1. The summed E-state index contributed by atoms with van der Waals surface area (Å²) in [5.41, 5.74) is 0. The third-order valence-electron chi connectivity index (χ3n) is 4.06. The standard InChI is InChI=1S/C13H24O3/c1-4-10-5-6-11(13(14)15)12(7-10)9(2)8-16-3/h9-12H,4-8H2,1-3H3,(H,14,15). The monoisotopic (exact) mass is 228 g/mol. The molecule has 0 bridgehead atoms. The van der Waals surface area contributed by atoms with E-state index in [1.165, 1.54) is 6.42 Å². The van der Waals surface area contributed by atoms with Crippen LogP contribution in [-0.4, -0.2) is 24.8 Å². The lowest BCUT2D eigenvalue weighted by molar-refractivity contribution is -0.146. The van der Waals surface area contributed by atoms with Crippen LogP contribution in [0.4, 0.5) is 0 Å². The second-order valence-electron chi connectivity index (χ2n) is 5.13. The molecule has 0 saturated heterocycles. The van der Waals surface area contributed by atoms with Gasteiger partial charge in [0, 0.05) is 13.7 Å². The maximum atomic E-state index is 11.2. The number of rotatable bonds is 5. The van der Waals surface area contributed by atoms with Gasteiger partial charge in [-0.25, -0.2) is 0 Å². The van der Waals surface area contributed by atoms with E-state index in [0.717, 1.165) is 19.3 Å². The van der Waals surface area contributed by atoms with E-state index >= 15 is 0 Å². The Morgan fingerprint density at radius 1 is 1.50 bits per heavy atom. The summed E-state index contributed by atoms with van der Waals surface area (Å²) in [5.74, 6) is 0.562. The number of aliphatic carboxylic acids is 1. The van der Waals surface area contributed by atoms with Gasteiger partial charge in [0.2, 0.25) is 0 Å². The van der Waals surface area contributed by atoms with Crippen molar-refractivity contribution in [1.29, 1.82) is 0 Å². The molecule has 0 amide bonds. The Kier molecular flexibility index (Phi) is 5.26. The maximum Gasteiger partial charge on any atom is 0.306 e. The summed E-state index contributed by atoms with van der Waals surface area (Å²) in [5, 5.41) is 9.24. The number of carbonyl (C=O) groups is 1. The molecular weight excluding hydrogens is 204 g/mol. The Morgan fingerprint density at radius 2 is 2.19 bits per heavy atom. The summed E-state index contributed by atoms with van der Waals surface area (Å²) in [6.45, 7) is 4.98. The van der Waals surface area contributed by atoms with E-state index in [1.807, 2.05) is 0 Å². The van der Waals surface area contributed by atoms with Crippen LogP contribution < -0.4 is 0 Å². The summed E-state index contributed by atoms with van der Waals surface area (Å²) >= 11 is 0. The highest BCUT2D eigenvalue weighted by molar-refractivity contribution is 5.70. The summed E-state index contributed by atoms with van der Waals surface area (Å²) in [6, 6.07) is 0. The molecule has 4 unspecified atom stereocenters. The lowest BCUT2D eigenvalue weighted by Gasteiger charge is -2.37. The molecule has 0 aromatic carbocycles. The van der Waals surface area contributed by atoms with Gasteiger partial charge in [0.1, 0.15) is 0 Å². The zero-order valence-electron chi connectivity index (χ0n) is 10.6. The van der Waals surface area contributed by atoms with Crippen LogP contribution in [0.1, 0.15) is 39.5 Å². The molecule has 1 fully saturated rings. The van der Waals surface area contributed by atoms with E-state index < -0.39 is 5.97 Å². The van der Waals surface area contributed by atoms with Gasteiger partial charge in [0.25, 0.3) is 0 Å². The molecule has 0 spiro atoms. The normalized spacial score (nSPS) is 32.3. The molecule has 1 aliphatic rings. The first-order valence-corrected chi connectivity index (χ1v) is 6.31. The van der Waals surface area contributed by atoms with E-state index in [-0.39, 0.29) is 11.8 Å². The van der Waals surface area contributed by atoms with Crippen molar-refractivity contribution >= 4 is 5.97 Å². The smallest absolute Gasteiger partial charge is 0.306 e.